The van der Waals surface area contributed by atoms with Gasteiger partial charge in [-0.05, 0) is 38.8 Å². The third kappa shape index (κ3) is 10.4. The number of carbonyl (C=O) groups excluding carboxylic acids is 4. The van der Waals surface area contributed by atoms with Crippen LogP contribution in [0.3, 0.4) is 0 Å². The number of aliphatic hydroxyl groups excluding tert-OH is 2. The Morgan fingerprint density at radius 2 is 0.971 bits per heavy atom. The molecule has 12 nitrogen and oxygen atoms in total. The maximum atomic E-state index is 12.5. The molecular weight excluding hydrogens is 452 g/mol. The van der Waals surface area contributed by atoms with Crippen LogP contribution in [0.15, 0.2) is 22.5 Å². The summed E-state index contributed by atoms with van der Waals surface area (Å²) in [6, 6.07) is 0. The molecule has 0 bridgehead atoms. The van der Waals surface area contributed by atoms with E-state index in [1.54, 1.807) is 27.7 Å². The summed E-state index contributed by atoms with van der Waals surface area (Å²) in [6.45, 7) is 7.56. The first kappa shape index (κ1) is 31.2. The van der Waals surface area contributed by atoms with Gasteiger partial charge in [0.05, 0.1) is 0 Å². The maximum absolute atomic E-state index is 12.5. The van der Waals surface area contributed by atoms with E-state index >= 15 is 0 Å². The highest BCUT2D eigenvalue weighted by molar-refractivity contribution is 5.86. The fraction of sp³-hybridized carbons (Fsp3) is 0.545. The molecule has 0 fully saturated rings. The fourth-order valence-electron chi connectivity index (χ4n) is 2.63. The molecular formula is C22H36N2O10. The first-order valence-corrected chi connectivity index (χ1v) is 10.4. The van der Waals surface area contributed by atoms with Gasteiger partial charge in [0.15, 0.2) is 23.6 Å². The molecule has 0 aromatic heterocycles. The van der Waals surface area contributed by atoms with Crippen LogP contribution in [0.5, 0.6) is 0 Å². The topological polar surface area (TPSA) is 179 Å². The molecule has 0 saturated heterocycles. The van der Waals surface area contributed by atoms with Crippen LogP contribution in [-0.2, 0) is 38.1 Å². The largest absolute Gasteiger partial charge is 0.462 e. The normalized spacial score (nSPS) is 14.1. The second kappa shape index (κ2) is 15.2. The van der Waals surface area contributed by atoms with Gasteiger partial charge in [-0.2, -0.15) is 0 Å². The van der Waals surface area contributed by atoms with Crippen molar-refractivity contribution in [2.24, 2.45) is 0 Å². The minimum atomic E-state index is -1.90. The molecule has 0 rings (SSSR count). The molecule has 4 unspecified atom stereocenters. The summed E-state index contributed by atoms with van der Waals surface area (Å²) in [4.78, 5) is 47.6. The van der Waals surface area contributed by atoms with E-state index in [9.17, 15) is 29.4 Å². The van der Waals surface area contributed by atoms with Crippen molar-refractivity contribution in [2.45, 2.75) is 66.0 Å². The minimum Gasteiger partial charge on any atom is -0.462 e. The van der Waals surface area contributed by atoms with Crippen molar-refractivity contribution >= 4 is 23.9 Å². The Morgan fingerprint density at radius 1 is 0.676 bits per heavy atom. The van der Waals surface area contributed by atoms with E-state index in [0.29, 0.717) is 11.1 Å². The molecule has 12 heteroatoms. The SMILES string of the molecule is [CH2-][NH2+]C(C(=O)OC(COC(C)=O)C(O)C(O)C(COC(C)=O)OC(=O)C([NH2+][CH2-])=C(C)C)=C(C)C. The number of hydrogen-bond donors (Lipinski definition) is 4. The number of allylic oxidation sites excluding steroid dienone is 2. The van der Waals surface area contributed by atoms with Crippen LogP contribution < -0.4 is 10.6 Å². The molecule has 6 N–H and O–H groups in total. The Balaban J connectivity index is 5.93. The molecule has 0 spiro atoms. The lowest BCUT2D eigenvalue weighted by Gasteiger charge is -2.30. The predicted molar refractivity (Wildman–Crippen MR) is 116 cm³/mol. The molecule has 0 aromatic carbocycles. The van der Waals surface area contributed by atoms with Gasteiger partial charge in [-0.3, -0.25) is 9.59 Å². The number of hydrogen-bond acceptors (Lipinski definition) is 10. The summed E-state index contributed by atoms with van der Waals surface area (Å²) in [5.41, 5.74) is 1.36. The van der Waals surface area contributed by atoms with Crippen molar-refractivity contribution in [3.63, 3.8) is 0 Å². The molecule has 194 valence electrons. The Bertz CT molecular complexity index is 732. The van der Waals surface area contributed by atoms with Gasteiger partial charge in [0.25, 0.3) is 0 Å². The number of carbonyl (C=O) groups is 4. The average molecular weight is 489 g/mol. The van der Waals surface area contributed by atoms with E-state index in [4.69, 9.17) is 18.9 Å². The number of rotatable bonds is 13. The third-order valence-electron chi connectivity index (χ3n) is 4.46. The second-order valence-corrected chi connectivity index (χ2v) is 7.71. The van der Waals surface area contributed by atoms with Gasteiger partial charge in [-0.1, -0.05) is 0 Å². The molecule has 0 radical (unpaired) electrons. The first-order chi connectivity index (χ1) is 15.8. The lowest BCUT2D eigenvalue weighted by molar-refractivity contribution is -0.539. The van der Waals surface area contributed by atoms with Crippen LogP contribution in [-0.4, -0.2) is 71.7 Å². The monoisotopic (exact) mass is 488 g/mol. The smallest absolute Gasteiger partial charge is 0.390 e. The summed E-state index contributed by atoms with van der Waals surface area (Å²) < 4.78 is 20.2. The van der Waals surface area contributed by atoms with Crippen LogP contribution in [0.1, 0.15) is 41.5 Å². The van der Waals surface area contributed by atoms with Gasteiger partial charge in [-0.15, -0.1) is 14.1 Å². The molecule has 0 saturated carbocycles. The highest BCUT2D eigenvalue weighted by atomic mass is 16.6. The lowest BCUT2D eigenvalue weighted by atomic mass is 10.0. The van der Waals surface area contributed by atoms with Crippen molar-refractivity contribution in [3.8, 4) is 0 Å². The highest BCUT2D eigenvalue weighted by Crippen LogP contribution is 2.15. The van der Waals surface area contributed by atoms with Crippen LogP contribution in [0.25, 0.3) is 0 Å². The van der Waals surface area contributed by atoms with Crippen molar-refractivity contribution in [1.82, 2.24) is 0 Å². The number of nitrogens with two attached hydrogens (primary N) is 2. The summed E-state index contributed by atoms with van der Waals surface area (Å²) >= 11 is 0. The Labute approximate surface area is 199 Å². The molecule has 0 aromatic rings. The van der Waals surface area contributed by atoms with Gasteiger partial charge in [0.1, 0.15) is 25.4 Å². The zero-order valence-electron chi connectivity index (χ0n) is 20.5. The van der Waals surface area contributed by atoms with Crippen LogP contribution in [0.4, 0.5) is 0 Å². The van der Waals surface area contributed by atoms with E-state index in [0.717, 1.165) is 13.8 Å². The zero-order valence-corrected chi connectivity index (χ0v) is 20.5. The van der Waals surface area contributed by atoms with Gasteiger partial charge in [0, 0.05) is 13.8 Å². The Kier molecular flexibility index (Phi) is 13.9. The van der Waals surface area contributed by atoms with Crippen molar-refractivity contribution in [3.05, 3.63) is 36.6 Å². The fourth-order valence-corrected chi connectivity index (χ4v) is 2.63. The predicted octanol–water partition coefficient (Wildman–Crippen LogP) is -2.04. The van der Waals surface area contributed by atoms with E-state index in [2.05, 4.69) is 14.1 Å². The molecule has 0 heterocycles. The highest BCUT2D eigenvalue weighted by Gasteiger charge is 2.39. The van der Waals surface area contributed by atoms with E-state index in [1.807, 2.05) is 0 Å². The van der Waals surface area contributed by atoms with Crippen LogP contribution >= 0.6 is 0 Å². The maximum Gasteiger partial charge on any atom is 0.390 e. The van der Waals surface area contributed by atoms with Gasteiger partial charge in [-0.25, -0.2) is 9.59 Å². The minimum absolute atomic E-state index is 0.108. The third-order valence-corrected chi connectivity index (χ3v) is 4.46. The number of quaternary nitrogens is 2. The average Bonchev–Trinajstić information content (AvgIpc) is 2.73. The molecule has 0 aliphatic carbocycles. The van der Waals surface area contributed by atoms with Crippen LogP contribution in [0.2, 0.25) is 0 Å². The summed E-state index contributed by atoms with van der Waals surface area (Å²) in [5, 5.41) is 24.0. The number of esters is 4. The summed E-state index contributed by atoms with van der Waals surface area (Å²) in [6.07, 6.45) is -6.92. The quantitative estimate of drug-likeness (QED) is 0.0976. The van der Waals surface area contributed by atoms with Crippen molar-refractivity contribution in [1.29, 1.82) is 0 Å². The van der Waals surface area contributed by atoms with Crippen molar-refractivity contribution < 1.29 is 59.0 Å². The van der Waals surface area contributed by atoms with E-state index in [1.165, 1.54) is 10.6 Å². The van der Waals surface area contributed by atoms with Gasteiger partial charge in [0.2, 0.25) is 0 Å². The van der Waals surface area contributed by atoms with E-state index < -0.39 is 61.5 Å². The molecule has 0 amide bonds. The Hall–Kier alpha value is -2.80. The van der Waals surface area contributed by atoms with Crippen molar-refractivity contribution in [2.75, 3.05) is 13.2 Å². The second-order valence-electron chi connectivity index (χ2n) is 7.71. The zero-order chi connectivity index (χ0) is 26.6. The standard InChI is InChI=1S/C22H36N2O10/c1-11(2)17(23-7)21(29)33-15(9-31-13(5)25)19(27)20(28)16(10-32-14(6)26)34-22(30)18(24-8)12(3)4/h15-16,19-20,27-28H,7-10,23-24H2,1-6H3. The summed E-state index contributed by atoms with van der Waals surface area (Å²) in [5.74, 6) is -3.22. The lowest BCUT2D eigenvalue weighted by Crippen LogP contribution is -2.77. The molecule has 0 aliphatic rings. The van der Waals surface area contributed by atoms with Crippen LogP contribution in [0, 0.1) is 14.1 Å². The number of aliphatic hydroxyl groups is 2. The van der Waals surface area contributed by atoms with Gasteiger partial charge >= 0.3 is 23.9 Å². The molecule has 4 atom stereocenters. The molecule has 0 aliphatic heterocycles. The summed E-state index contributed by atoms with van der Waals surface area (Å²) in [7, 11) is 7.06. The molecule has 34 heavy (non-hydrogen) atoms. The van der Waals surface area contributed by atoms with Gasteiger partial charge < -0.3 is 39.8 Å². The number of ether oxygens (including phenoxy) is 4. The van der Waals surface area contributed by atoms with E-state index in [-0.39, 0.29) is 11.4 Å². The first-order valence-electron chi connectivity index (χ1n) is 10.4. The Morgan fingerprint density at radius 3 is 1.18 bits per heavy atom.